The Labute approximate surface area is 158 Å². The number of hydrogen-bond acceptors (Lipinski definition) is 3. The van der Waals surface area contributed by atoms with Crippen molar-refractivity contribution in [1.82, 2.24) is 5.32 Å². The highest BCUT2D eigenvalue weighted by Gasteiger charge is 2.13. The van der Waals surface area contributed by atoms with Crippen LogP contribution in [0, 0.1) is 0 Å². The summed E-state index contributed by atoms with van der Waals surface area (Å²) in [5.74, 6) is -0.640. The molecule has 1 saturated heterocycles. The summed E-state index contributed by atoms with van der Waals surface area (Å²) in [6, 6.07) is 15.0. The number of anilines is 2. The average molecular weight is 372 g/mol. The van der Waals surface area contributed by atoms with Crippen LogP contribution >= 0.6 is 11.6 Å². The molecule has 2 aromatic carbocycles. The maximum Gasteiger partial charge on any atom is 0.233 e. The molecule has 1 heterocycles. The Bertz CT molecular complexity index is 754. The van der Waals surface area contributed by atoms with Gasteiger partial charge in [-0.15, -0.1) is 0 Å². The zero-order chi connectivity index (χ0) is 18.4. The summed E-state index contributed by atoms with van der Waals surface area (Å²) in [7, 11) is 0. The molecule has 3 rings (SSSR count). The summed E-state index contributed by atoms with van der Waals surface area (Å²) in [5.41, 5.74) is 2.80. The zero-order valence-corrected chi connectivity index (χ0v) is 15.3. The van der Waals surface area contributed by atoms with E-state index in [9.17, 15) is 9.59 Å². The van der Waals surface area contributed by atoms with Gasteiger partial charge in [0.1, 0.15) is 6.42 Å². The van der Waals surface area contributed by atoms with Crippen LogP contribution in [0.1, 0.15) is 24.8 Å². The SMILES string of the molecule is O=C(CC(=O)Nc1ccc(N2CCCC2)cc1)NCc1ccc(Cl)cc1. The fraction of sp³-hybridized carbons (Fsp3) is 0.300. The molecular weight excluding hydrogens is 350 g/mol. The molecule has 6 heteroatoms. The van der Waals surface area contributed by atoms with Gasteiger partial charge in [-0.25, -0.2) is 0 Å². The van der Waals surface area contributed by atoms with Gasteiger partial charge >= 0.3 is 0 Å². The molecule has 2 N–H and O–H groups in total. The monoisotopic (exact) mass is 371 g/mol. The topological polar surface area (TPSA) is 61.4 Å². The van der Waals surface area contributed by atoms with Crippen LogP contribution < -0.4 is 15.5 Å². The second kappa shape index (κ2) is 8.72. The van der Waals surface area contributed by atoms with Crippen LogP contribution in [0.2, 0.25) is 5.02 Å². The van der Waals surface area contributed by atoms with E-state index in [4.69, 9.17) is 11.6 Å². The molecule has 5 nitrogen and oxygen atoms in total. The number of nitrogens with zero attached hydrogens (tertiary/aromatic N) is 1. The number of nitrogens with one attached hydrogen (secondary N) is 2. The summed E-state index contributed by atoms with van der Waals surface area (Å²) in [6.07, 6.45) is 2.24. The van der Waals surface area contributed by atoms with Gasteiger partial charge < -0.3 is 15.5 Å². The third-order valence-corrected chi connectivity index (χ3v) is 4.60. The lowest BCUT2D eigenvalue weighted by molar-refractivity contribution is -0.126. The van der Waals surface area contributed by atoms with Crippen molar-refractivity contribution in [2.75, 3.05) is 23.3 Å². The van der Waals surface area contributed by atoms with Gasteiger partial charge in [0.25, 0.3) is 0 Å². The third-order valence-electron chi connectivity index (χ3n) is 4.35. The highest BCUT2D eigenvalue weighted by molar-refractivity contribution is 6.30. The molecule has 0 unspecified atom stereocenters. The third kappa shape index (κ3) is 5.23. The Hall–Kier alpha value is -2.53. The molecule has 136 valence electrons. The van der Waals surface area contributed by atoms with Crippen molar-refractivity contribution >= 4 is 34.8 Å². The Balaban J connectivity index is 1.44. The summed E-state index contributed by atoms with van der Waals surface area (Å²) < 4.78 is 0. The van der Waals surface area contributed by atoms with Gasteiger partial charge in [-0.05, 0) is 54.8 Å². The summed E-state index contributed by atoms with van der Waals surface area (Å²) in [4.78, 5) is 26.3. The van der Waals surface area contributed by atoms with E-state index >= 15 is 0 Å². The van der Waals surface area contributed by atoms with E-state index in [1.165, 1.54) is 18.5 Å². The summed E-state index contributed by atoms with van der Waals surface area (Å²) in [6.45, 7) is 2.53. The van der Waals surface area contributed by atoms with Crippen molar-refractivity contribution in [2.24, 2.45) is 0 Å². The molecule has 0 saturated carbocycles. The van der Waals surface area contributed by atoms with Gasteiger partial charge in [0.15, 0.2) is 0 Å². The van der Waals surface area contributed by atoms with Gasteiger partial charge in [-0.1, -0.05) is 23.7 Å². The summed E-state index contributed by atoms with van der Waals surface area (Å²) in [5, 5.41) is 6.14. The molecule has 0 atom stereocenters. The largest absolute Gasteiger partial charge is 0.372 e. The lowest BCUT2D eigenvalue weighted by Crippen LogP contribution is -2.27. The fourth-order valence-electron chi connectivity index (χ4n) is 2.95. The van der Waals surface area contributed by atoms with Crippen molar-refractivity contribution in [3.8, 4) is 0 Å². The van der Waals surface area contributed by atoms with E-state index in [1.807, 2.05) is 36.4 Å². The van der Waals surface area contributed by atoms with E-state index < -0.39 is 0 Å². The standard InChI is InChI=1S/C20H22ClN3O2/c21-16-5-3-15(4-6-16)14-22-19(25)13-20(26)23-17-7-9-18(10-8-17)24-11-1-2-12-24/h3-10H,1-2,11-14H2,(H,22,25)(H,23,26). The van der Waals surface area contributed by atoms with E-state index in [1.54, 1.807) is 12.1 Å². The highest BCUT2D eigenvalue weighted by Crippen LogP contribution is 2.22. The molecule has 0 spiro atoms. The van der Waals surface area contributed by atoms with Crippen molar-refractivity contribution in [3.05, 3.63) is 59.1 Å². The first-order valence-electron chi connectivity index (χ1n) is 8.76. The number of halogens is 1. The fourth-order valence-corrected chi connectivity index (χ4v) is 3.07. The minimum atomic E-state index is -0.326. The zero-order valence-electron chi connectivity index (χ0n) is 14.5. The molecule has 2 amide bonds. The number of carbonyl (C=O) groups excluding carboxylic acids is 2. The lowest BCUT2D eigenvalue weighted by atomic mass is 10.2. The van der Waals surface area contributed by atoms with Crippen molar-refractivity contribution in [1.29, 1.82) is 0 Å². The van der Waals surface area contributed by atoms with Gasteiger partial charge in [0, 0.05) is 36.0 Å². The molecule has 0 radical (unpaired) electrons. The highest BCUT2D eigenvalue weighted by atomic mass is 35.5. The Morgan fingerprint density at radius 2 is 1.58 bits per heavy atom. The molecular formula is C20H22ClN3O2. The molecule has 1 aliphatic heterocycles. The first-order valence-corrected chi connectivity index (χ1v) is 9.14. The van der Waals surface area contributed by atoms with E-state index in [0.717, 1.165) is 18.7 Å². The van der Waals surface area contributed by atoms with Gasteiger partial charge in [0.05, 0.1) is 0 Å². The van der Waals surface area contributed by atoms with Gasteiger partial charge in [-0.3, -0.25) is 9.59 Å². The predicted octanol–water partition coefficient (Wildman–Crippen LogP) is 3.59. The lowest BCUT2D eigenvalue weighted by Gasteiger charge is -2.17. The van der Waals surface area contributed by atoms with E-state index in [-0.39, 0.29) is 18.2 Å². The molecule has 0 aliphatic carbocycles. The number of amides is 2. The van der Waals surface area contributed by atoms with E-state index in [0.29, 0.717) is 17.3 Å². The van der Waals surface area contributed by atoms with Crippen molar-refractivity contribution < 1.29 is 9.59 Å². The first kappa shape index (κ1) is 18.3. The van der Waals surface area contributed by atoms with Gasteiger partial charge in [0.2, 0.25) is 11.8 Å². The van der Waals surface area contributed by atoms with Crippen molar-refractivity contribution in [2.45, 2.75) is 25.8 Å². The molecule has 2 aromatic rings. The van der Waals surface area contributed by atoms with Crippen LogP contribution in [0.15, 0.2) is 48.5 Å². The maximum absolute atomic E-state index is 12.0. The quantitative estimate of drug-likeness (QED) is 0.763. The smallest absolute Gasteiger partial charge is 0.233 e. The number of hydrogen-bond donors (Lipinski definition) is 2. The minimum Gasteiger partial charge on any atom is -0.372 e. The molecule has 0 aromatic heterocycles. The molecule has 1 aliphatic rings. The maximum atomic E-state index is 12.0. The second-order valence-electron chi connectivity index (χ2n) is 6.37. The first-order chi connectivity index (χ1) is 12.6. The second-order valence-corrected chi connectivity index (χ2v) is 6.81. The minimum absolute atomic E-state index is 0.207. The van der Waals surface area contributed by atoms with Crippen LogP contribution in [0.5, 0.6) is 0 Å². The number of benzene rings is 2. The Morgan fingerprint density at radius 1 is 0.923 bits per heavy atom. The van der Waals surface area contributed by atoms with Crippen LogP contribution in [0.25, 0.3) is 0 Å². The van der Waals surface area contributed by atoms with Crippen LogP contribution in [-0.2, 0) is 16.1 Å². The number of rotatable bonds is 6. The Morgan fingerprint density at radius 3 is 2.23 bits per heavy atom. The summed E-state index contributed by atoms with van der Waals surface area (Å²) >= 11 is 5.82. The molecule has 0 bridgehead atoms. The van der Waals surface area contributed by atoms with Crippen LogP contribution in [0.3, 0.4) is 0 Å². The van der Waals surface area contributed by atoms with Gasteiger partial charge in [-0.2, -0.15) is 0 Å². The molecule has 1 fully saturated rings. The Kier molecular flexibility index (Phi) is 6.12. The van der Waals surface area contributed by atoms with Crippen LogP contribution in [-0.4, -0.2) is 24.9 Å². The number of carbonyl (C=O) groups is 2. The van der Waals surface area contributed by atoms with Crippen molar-refractivity contribution in [3.63, 3.8) is 0 Å². The van der Waals surface area contributed by atoms with E-state index in [2.05, 4.69) is 15.5 Å². The van der Waals surface area contributed by atoms with Crippen LogP contribution in [0.4, 0.5) is 11.4 Å². The predicted molar refractivity (Wildman–Crippen MR) is 104 cm³/mol. The normalized spacial score (nSPS) is 13.5. The molecule has 26 heavy (non-hydrogen) atoms. The average Bonchev–Trinajstić information content (AvgIpc) is 3.16.